The van der Waals surface area contributed by atoms with Crippen LogP contribution in [0.4, 0.5) is 32.4 Å². The average molecular weight is 434 g/mol. The molecule has 1 unspecified atom stereocenters. The van der Waals surface area contributed by atoms with Crippen molar-refractivity contribution < 1.29 is 36.3 Å². The lowest BCUT2D eigenvalue weighted by molar-refractivity contribution is -0.197. The van der Waals surface area contributed by atoms with E-state index in [1.54, 1.807) is 0 Å². The predicted octanol–water partition coefficient (Wildman–Crippen LogP) is 3.36. The summed E-state index contributed by atoms with van der Waals surface area (Å²) < 4.78 is 68.4. The summed E-state index contributed by atoms with van der Waals surface area (Å²) in [6, 6.07) is 4.93. The quantitative estimate of drug-likeness (QED) is 0.575. The van der Waals surface area contributed by atoms with Crippen molar-refractivity contribution in [3.63, 3.8) is 0 Å². The van der Waals surface area contributed by atoms with Crippen molar-refractivity contribution in [3.05, 3.63) is 64.7 Å². The smallest absolute Gasteiger partial charge is 0.314 e. The third kappa shape index (κ3) is 3.37. The number of carbonyl (C=O) groups is 3. The Kier molecular flexibility index (Phi) is 4.95. The molecule has 4 amide bonds. The van der Waals surface area contributed by atoms with E-state index >= 15 is 0 Å². The maximum Gasteiger partial charge on any atom is 0.440 e. The van der Waals surface area contributed by atoms with Crippen LogP contribution in [-0.4, -0.2) is 29.7 Å². The molecule has 2 N–H and O–H groups in total. The second-order valence-corrected chi connectivity index (χ2v) is 6.26. The highest BCUT2D eigenvalue weighted by Gasteiger charge is 2.69. The third-order valence-electron chi connectivity index (χ3n) is 4.03. The Morgan fingerprint density at radius 3 is 2.31 bits per heavy atom. The lowest BCUT2D eigenvalue weighted by Crippen LogP contribution is -2.69. The number of halogens is 6. The van der Waals surface area contributed by atoms with Crippen LogP contribution in [0.15, 0.2) is 42.5 Å². The number of nitrogens with one attached hydrogen (secondary N) is 2. The lowest BCUT2D eigenvalue weighted by Gasteiger charge is -2.29. The SMILES string of the molecule is O=C(NC1(C(F)(F)F)NC(=O)N(c2ccc(F)c(Cl)c2)C1=O)c1ccccc1F. The van der Waals surface area contributed by atoms with E-state index in [1.807, 2.05) is 0 Å². The Hall–Kier alpha value is -3.21. The van der Waals surface area contributed by atoms with Crippen molar-refractivity contribution in [2.75, 3.05) is 4.90 Å². The molecule has 1 atom stereocenters. The molecular formula is C17H9ClF5N3O3. The van der Waals surface area contributed by atoms with Crippen molar-refractivity contribution in [3.8, 4) is 0 Å². The summed E-state index contributed by atoms with van der Waals surface area (Å²) in [6.45, 7) is 0. The molecule has 1 saturated heterocycles. The Bertz CT molecular complexity index is 1030. The van der Waals surface area contributed by atoms with Crippen LogP contribution in [0.25, 0.3) is 0 Å². The number of alkyl halides is 3. The van der Waals surface area contributed by atoms with Gasteiger partial charge in [-0.05, 0) is 30.3 Å². The predicted molar refractivity (Wildman–Crippen MR) is 90.1 cm³/mol. The van der Waals surface area contributed by atoms with Gasteiger partial charge in [-0.1, -0.05) is 23.7 Å². The minimum Gasteiger partial charge on any atom is -0.314 e. The number of amides is 4. The van der Waals surface area contributed by atoms with Gasteiger partial charge in [0.15, 0.2) is 0 Å². The molecule has 12 heteroatoms. The normalized spacial score (nSPS) is 19.3. The van der Waals surface area contributed by atoms with E-state index in [0.29, 0.717) is 0 Å². The first-order chi connectivity index (χ1) is 13.5. The van der Waals surface area contributed by atoms with Crippen LogP contribution in [0, 0.1) is 11.6 Å². The second kappa shape index (κ2) is 6.99. The minimum absolute atomic E-state index is 0.0421. The van der Waals surface area contributed by atoms with E-state index in [1.165, 1.54) is 22.8 Å². The highest BCUT2D eigenvalue weighted by Crippen LogP contribution is 2.36. The second-order valence-electron chi connectivity index (χ2n) is 5.85. The van der Waals surface area contributed by atoms with Crippen LogP contribution in [0.5, 0.6) is 0 Å². The largest absolute Gasteiger partial charge is 0.440 e. The van der Waals surface area contributed by atoms with Gasteiger partial charge >= 0.3 is 12.2 Å². The molecule has 0 spiro atoms. The zero-order valence-corrected chi connectivity index (χ0v) is 14.7. The molecule has 1 aliphatic rings. The Morgan fingerprint density at radius 2 is 1.72 bits per heavy atom. The summed E-state index contributed by atoms with van der Waals surface area (Å²) in [5.74, 6) is -5.59. The molecule has 2 aromatic rings. The highest BCUT2D eigenvalue weighted by molar-refractivity contribution is 6.31. The average Bonchev–Trinajstić information content (AvgIpc) is 2.88. The van der Waals surface area contributed by atoms with Gasteiger partial charge in [0.2, 0.25) is 0 Å². The van der Waals surface area contributed by atoms with Crippen LogP contribution in [0.2, 0.25) is 5.02 Å². The maximum atomic E-state index is 13.8. The molecule has 0 aromatic heterocycles. The topological polar surface area (TPSA) is 78.5 Å². The Balaban J connectivity index is 2.04. The molecule has 3 rings (SSSR count). The van der Waals surface area contributed by atoms with Crippen LogP contribution in [0.1, 0.15) is 10.4 Å². The van der Waals surface area contributed by atoms with Crippen molar-refractivity contribution in [2.24, 2.45) is 0 Å². The van der Waals surface area contributed by atoms with Crippen molar-refractivity contribution in [2.45, 2.75) is 11.8 Å². The molecular weight excluding hydrogens is 425 g/mol. The molecule has 1 aliphatic heterocycles. The Morgan fingerprint density at radius 1 is 1.07 bits per heavy atom. The van der Waals surface area contributed by atoms with Gasteiger partial charge in [0.05, 0.1) is 16.3 Å². The van der Waals surface area contributed by atoms with E-state index in [-0.39, 0.29) is 4.90 Å². The van der Waals surface area contributed by atoms with E-state index in [4.69, 9.17) is 11.6 Å². The molecule has 0 radical (unpaired) electrons. The number of anilines is 1. The molecule has 0 bridgehead atoms. The first kappa shape index (κ1) is 20.5. The van der Waals surface area contributed by atoms with Gasteiger partial charge < -0.3 is 5.32 Å². The molecule has 1 fully saturated rings. The highest BCUT2D eigenvalue weighted by atomic mass is 35.5. The fraction of sp³-hybridized carbons (Fsp3) is 0.118. The first-order valence-electron chi connectivity index (χ1n) is 7.73. The van der Waals surface area contributed by atoms with Gasteiger partial charge in [-0.3, -0.25) is 14.9 Å². The summed E-state index contributed by atoms with van der Waals surface area (Å²) in [7, 11) is 0. The van der Waals surface area contributed by atoms with Crippen LogP contribution in [0.3, 0.4) is 0 Å². The van der Waals surface area contributed by atoms with Crippen LogP contribution < -0.4 is 15.5 Å². The zero-order valence-electron chi connectivity index (χ0n) is 14.0. The molecule has 0 aliphatic carbocycles. The van der Waals surface area contributed by atoms with Gasteiger partial charge in [0, 0.05) is 0 Å². The van der Waals surface area contributed by atoms with Gasteiger partial charge in [-0.25, -0.2) is 18.5 Å². The van der Waals surface area contributed by atoms with Gasteiger partial charge in [0.25, 0.3) is 17.5 Å². The van der Waals surface area contributed by atoms with Crippen molar-refractivity contribution in [1.82, 2.24) is 10.6 Å². The van der Waals surface area contributed by atoms with Gasteiger partial charge in [-0.2, -0.15) is 13.2 Å². The number of hydrogen-bond acceptors (Lipinski definition) is 3. The number of carbonyl (C=O) groups excluding carboxylic acids is 3. The summed E-state index contributed by atoms with van der Waals surface area (Å²) in [5.41, 5.74) is -5.11. The maximum absolute atomic E-state index is 13.8. The molecule has 6 nitrogen and oxygen atoms in total. The molecule has 1 heterocycles. The van der Waals surface area contributed by atoms with Gasteiger partial charge in [0.1, 0.15) is 11.6 Å². The first-order valence-corrected chi connectivity index (χ1v) is 8.11. The van der Waals surface area contributed by atoms with E-state index < -0.39 is 57.6 Å². The van der Waals surface area contributed by atoms with Crippen LogP contribution in [-0.2, 0) is 4.79 Å². The number of nitrogens with zero attached hydrogens (tertiary/aromatic N) is 1. The standard InChI is InChI=1S/C17H9ClF5N3O3/c18-10-7-8(5-6-12(10)20)26-14(28)16(17(21,22)23,25-15(26)29)24-13(27)9-3-1-2-4-11(9)19/h1-7H,(H,24,27)(H,25,29). The number of urea groups is 1. The molecule has 2 aromatic carbocycles. The Labute approximate surface area is 164 Å². The van der Waals surface area contributed by atoms with Crippen molar-refractivity contribution >= 4 is 35.1 Å². The number of benzene rings is 2. The number of rotatable bonds is 3. The fourth-order valence-corrected chi connectivity index (χ4v) is 2.79. The minimum atomic E-state index is -5.50. The number of hydrogen-bond donors (Lipinski definition) is 2. The van der Waals surface area contributed by atoms with E-state index in [2.05, 4.69) is 0 Å². The summed E-state index contributed by atoms with van der Waals surface area (Å²) in [4.78, 5) is 37.0. The van der Waals surface area contributed by atoms with Crippen LogP contribution >= 0.6 is 11.6 Å². The summed E-state index contributed by atoms with van der Waals surface area (Å²) in [6.07, 6.45) is -5.50. The van der Waals surface area contributed by atoms with Gasteiger partial charge in [-0.15, -0.1) is 0 Å². The molecule has 29 heavy (non-hydrogen) atoms. The monoisotopic (exact) mass is 433 g/mol. The fourth-order valence-electron chi connectivity index (χ4n) is 2.62. The zero-order chi connectivity index (χ0) is 21.6. The number of imide groups is 1. The van der Waals surface area contributed by atoms with E-state index in [0.717, 1.165) is 30.3 Å². The summed E-state index contributed by atoms with van der Waals surface area (Å²) >= 11 is 5.55. The van der Waals surface area contributed by atoms with E-state index in [9.17, 15) is 36.3 Å². The lowest BCUT2D eigenvalue weighted by atomic mass is 10.1. The summed E-state index contributed by atoms with van der Waals surface area (Å²) in [5, 5.41) is 2.19. The molecule has 152 valence electrons. The molecule has 0 saturated carbocycles. The third-order valence-corrected chi connectivity index (χ3v) is 4.32. The van der Waals surface area contributed by atoms with Crippen molar-refractivity contribution in [1.29, 1.82) is 0 Å².